The Kier molecular flexibility index (Phi) is 4.70. The van der Waals surface area contributed by atoms with Gasteiger partial charge in [0.1, 0.15) is 12.4 Å². The molecule has 5 nitrogen and oxygen atoms in total. The van der Waals surface area contributed by atoms with Gasteiger partial charge < -0.3 is 15.0 Å². The molecule has 1 heterocycles. The number of aryl methyl sites for hydroxylation is 1. The number of aromatic nitrogens is 2. The van der Waals surface area contributed by atoms with Crippen LogP contribution in [0.5, 0.6) is 0 Å². The van der Waals surface area contributed by atoms with Crippen molar-refractivity contribution in [1.82, 2.24) is 15.3 Å². The second kappa shape index (κ2) is 7.14. The predicted octanol–water partition coefficient (Wildman–Crippen LogP) is 4.66. The van der Waals surface area contributed by atoms with E-state index >= 15 is 0 Å². The maximum absolute atomic E-state index is 12.4. The minimum atomic E-state index is -0.363. The summed E-state index contributed by atoms with van der Waals surface area (Å²) in [6.07, 6.45) is 9.13. The second-order valence-corrected chi connectivity index (χ2v) is 7.95. The molecule has 2 aliphatic rings. The lowest BCUT2D eigenvalue weighted by Gasteiger charge is -2.33. The fourth-order valence-electron chi connectivity index (χ4n) is 4.20. The third kappa shape index (κ3) is 3.92. The Morgan fingerprint density at radius 2 is 2.00 bits per heavy atom. The number of carbonyl (C=O) groups is 1. The fourth-order valence-corrected chi connectivity index (χ4v) is 4.20. The number of benzene rings is 1. The largest absolute Gasteiger partial charge is 0.445 e. The van der Waals surface area contributed by atoms with E-state index < -0.39 is 0 Å². The van der Waals surface area contributed by atoms with Crippen LogP contribution in [0.4, 0.5) is 4.79 Å². The van der Waals surface area contributed by atoms with Crippen LogP contribution in [0.2, 0.25) is 0 Å². The average Bonchev–Trinajstić information content (AvgIpc) is 3.28. The van der Waals surface area contributed by atoms with Crippen LogP contribution in [-0.4, -0.2) is 16.1 Å². The van der Waals surface area contributed by atoms with Gasteiger partial charge in [-0.3, -0.25) is 0 Å². The molecular weight excluding hydrogens is 326 g/mol. The Morgan fingerprint density at radius 1 is 1.27 bits per heavy atom. The first-order valence-electron chi connectivity index (χ1n) is 9.62. The van der Waals surface area contributed by atoms with Crippen LogP contribution in [0.25, 0.3) is 0 Å². The van der Waals surface area contributed by atoms with E-state index in [4.69, 9.17) is 4.74 Å². The Labute approximate surface area is 154 Å². The van der Waals surface area contributed by atoms with Gasteiger partial charge in [0.25, 0.3) is 0 Å². The number of ether oxygens (including phenoxy) is 1. The third-order valence-corrected chi connectivity index (χ3v) is 6.06. The number of nitrogens with one attached hydrogen (secondary N) is 2. The summed E-state index contributed by atoms with van der Waals surface area (Å²) in [6.45, 7) is 2.23. The van der Waals surface area contributed by atoms with E-state index in [0.717, 1.165) is 29.9 Å². The zero-order valence-electron chi connectivity index (χ0n) is 15.3. The zero-order valence-corrected chi connectivity index (χ0v) is 15.3. The molecule has 5 heteroatoms. The van der Waals surface area contributed by atoms with E-state index in [1.165, 1.54) is 25.7 Å². The molecule has 1 atom stereocenters. The Hall–Kier alpha value is -2.30. The molecule has 1 unspecified atom stereocenters. The zero-order chi connectivity index (χ0) is 18.0. The number of hydrogen-bond acceptors (Lipinski definition) is 3. The van der Waals surface area contributed by atoms with Crippen molar-refractivity contribution in [1.29, 1.82) is 0 Å². The molecular formula is C21H27N3O2. The monoisotopic (exact) mass is 353 g/mol. The van der Waals surface area contributed by atoms with Crippen LogP contribution >= 0.6 is 0 Å². The number of amides is 1. The summed E-state index contributed by atoms with van der Waals surface area (Å²) in [4.78, 5) is 20.1. The number of carbonyl (C=O) groups excluding carboxylic acids is 1. The Morgan fingerprint density at radius 3 is 2.62 bits per heavy atom. The van der Waals surface area contributed by atoms with Crippen molar-refractivity contribution in [3.05, 3.63) is 53.6 Å². The van der Waals surface area contributed by atoms with Crippen molar-refractivity contribution < 1.29 is 9.53 Å². The van der Waals surface area contributed by atoms with Crippen molar-refractivity contribution in [2.75, 3.05) is 0 Å². The lowest BCUT2D eigenvalue weighted by Crippen LogP contribution is -2.36. The number of aromatic amines is 1. The van der Waals surface area contributed by atoms with Gasteiger partial charge in [-0.2, -0.15) is 0 Å². The molecule has 1 aromatic carbocycles. The van der Waals surface area contributed by atoms with Gasteiger partial charge in [0, 0.05) is 0 Å². The first kappa shape index (κ1) is 17.1. The van der Waals surface area contributed by atoms with E-state index in [2.05, 4.69) is 15.3 Å². The van der Waals surface area contributed by atoms with Crippen molar-refractivity contribution in [3.8, 4) is 0 Å². The van der Waals surface area contributed by atoms with Crippen LogP contribution in [0.15, 0.2) is 36.5 Å². The maximum atomic E-state index is 12.4. The first-order valence-corrected chi connectivity index (χ1v) is 9.62. The van der Waals surface area contributed by atoms with Gasteiger partial charge in [0.2, 0.25) is 0 Å². The molecule has 138 valence electrons. The quantitative estimate of drug-likeness (QED) is 0.822. The summed E-state index contributed by atoms with van der Waals surface area (Å²) in [5.74, 6) is 1.31. The third-order valence-electron chi connectivity index (χ3n) is 6.06. The van der Waals surface area contributed by atoms with Gasteiger partial charge in [-0.15, -0.1) is 0 Å². The van der Waals surface area contributed by atoms with Crippen molar-refractivity contribution >= 4 is 6.09 Å². The van der Waals surface area contributed by atoms with E-state index in [9.17, 15) is 4.79 Å². The fraction of sp³-hybridized carbons (Fsp3) is 0.524. The molecule has 4 rings (SSSR count). The molecule has 0 saturated heterocycles. The Bertz CT molecular complexity index is 742. The number of hydrogen-bond donors (Lipinski definition) is 2. The normalized spacial score (nSPS) is 19.9. The lowest BCUT2D eigenvalue weighted by molar-refractivity contribution is 0.125. The number of imidazole rings is 1. The highest BCUT2D eigenvalue weighted by Crippen LogP contribution is 2.58. The number of alkyl carbamates (subject to hydrolysis) is 1. The highest BCUT2D eigenvalue weighted by Gasteiger charge is 2.46. The summed E-state index contributed by atoms with van der Waals surface area (Å²) in [5, 5.41) is 3.10. The van der Waals surface area contributed by atoms with Crippen LogP contribution in [0.1, 0.15) is 61.6 Å². The summed E-state index contributed by atoms with van der Waals surface area (Å²) >= 11 is 0. The van der Waals surface area contributed by atoms with Crippen LogP contribution in [0.3, 0.4) is 0 Å². The van der Waals surface area contributed by atoms with E-state index in [1.807, 2.05) is 43.5 Å². The van der Waals surface area contributed by atoms with Gasteiger partial charge in [-0.25, -0.2) is 9.78 Å². The van der Waals surface area contributed by atoms with E-state index in [1.54, 1.807) is 0 Å². The molecule has 0 radical (unpaired) electrons. The number of nitrogens with zero attached hydrogens (tertiary/aromatic N) is 1. The van der Waals surface area contributed by atoms with Crippen LogP contribution in [-0.2, 0) is 11.3 Å². The molecule has 1 spiro atoms. The number of rotatable bonds is 5. The molecule has 0 aliphatic heterocycles. The second-order valence-electron chi connectivity index (χ2n) is 7.95. The van der Waals surface area contributed by atoms with Gasteiger partial charge in [0.05, 0.1) is 17.9 Å². The van der Waals surface area contributed by atoms with Gasteiger partial charge >= 0.3 is 6.09 Å². The highest BCUT2D eigenvalue weighted by atomic mass is 16.5. The standard InChI is InChI=1S/C21H27N3O2/c1-15-22-13-18(23-15)19(17-7-9-21(10-8-17)11-12-21)24-20(25)26-14-16-5-3-2-4-6-16/h2-6,13,17,19H,7-12,14H2,1H3,(H,22,23)(H,24,25). The molecule has 0 bridgehead atoms. The number of H-pyrrole nitrogens is 1. The summed E-state index contributed by atoms with van der Waals surface area (Å²) in [6, 6.07) is 9.70. The van der Waals surface area contributed by atoms with Gasteiger partial charge in [-0.05, 0) is 62.3 Å². The topological polar surface area (TPSA) is 67.0 Å². The molecule has 1 aromatic heterocycles. The minimum Gasteiger partial charge on any atom is -0.445 e. The summed E-state index contributed by atoms with van der Waals surface area (Å²) < 4.78 is 5.45. The molecule has 2 aliphatic carbocycles. The van der Waals surface area contributed by atoms with Crippen LogP contribution < -0.4 is 5.32 Å². The molecule has 2 aromatic rings. The molecule has 1 amide bonds. The van der Waals surface area contributed by atoms with Crippen LogP contribution in [0, 0.1) is 18.3 Å². The molecule has 2 fully saturated rings. The molecule has 2 N–H and O–H groups in total. The van der Waals surface area contributed by atoms with Crippen molar-refractivity contribution in [3.63, 3.8) is 0 Å². The predicted molar refractivity (Wildman–Crippen MR) is 99.5 cm³/mol. The van der Waals surface area contributed by atoms with E-state index in [-0.39, 0.29) is 18.7 Å². The van der Waals surface area contributed by atoms with Gasteiger partial charge in [-0.1, -0.05) is 30.3 Å². The van der Waals surface area contributed by atoms with Gasteiger partial charge in [0.15, 0.2) is 0 Å². The SMILES string of the molecule is Cc1ncc(C(NC(=O)OCc2ccccc2)C2CCC3(CC2)CC3)[nH]1. The first-order chi connectivity index (χ1) is 12.6. The summed E-state index contributed by atoms with van der Waals surface area (Å²) in [7, 11) is 0. The smallest absolute Gasteiger partial charge is 0.408 e. The minimum absolute atomic E-state index is 0.0597. The maximum Gasteiger partial charge on any atom is 0.408 e. The highest BCUT2D eigenvalue weighted by molar-refractivity contribution is 5.67. The Balaban J connectivity index is 1.40. The molecule has 2 saturated carbocycles. The molecule has 26 heavy (non-hydrogen) atoms. The average molecular weight is 353 g/mol. The lowest BCUT2D eigenvalue weighted by atomic mass is 9.76. The van der Waals surface area contributed by atoms with Crippen molar-refractivity contribution in [2.24, 2.45) is 11.3 Å². The van der Waals surface area contributed by atoms with E-state index in [0.29, 0.717) is 11.3 Å². The summed E-state index contributed by atoms with van der Waals surface area (Å²) in [5.41, 5.74) is 2.61. The van der Waals surface area contributed by atoms with Crippen molar-refractivity contribution in [2.45, 2.75) is 58.1 Å².